The number of urea groups is 1. The summed E-state index contributed by atoms with van der Waals surface area (Å²) in [5.41, 5.74) is 2.19. The van der Waals surface area contributed by atoms with Crippen LogP contribution in [0, 0.1) is 5.92 Å². The molecule has 0 unspecified atom stereocenters. The molecule has 4 aliphatic rings. The van der Waals surface area contributed by atoms with Crippen LogP contribution in [0.5, 0.6) is 0 Å². The van der Waals surface area contributed by atoms with Gasteiger partial charge in [-0.05, 0) is 62.6 Å². The van der Waals surface area contributed by atoms with E-state index in [1.807, 2.05) is 18.3 Å². The number of hydrogen-bond donors (Lipinski definition) is 2. The van der Waals surface area contributed by atoms with Crippen molar-refractivity contribution in [2.75, 3.05) is 49.1 Å². The number of fused-ring (bicyclic) bond motifs is 1. The molecular weight excluding hydrogens is 570 g/mol. The first-order chi connectivity index (χ1) is 22.0. The molecule has 3 aliphatic heterocycles. The van der Waals surface area contributed by atoms with E-state index in [-0.39, 0.29) is 23.9 Å². The Hall–Kier alpha value is -4.06. The number of rotatable bonds is 7. The summed E-state index contributed by atoms with van der Waals surface area (Å²) >= 11 is 0. The number of pyridine rings is 1. The number of piperidine rings is 2. The number of nitrogens with one attached hydrogen (secondary N) is 2. The van der Waals surface area contributed by atoms with Crippen LogP contribution in [0.25, 0.3) is 10.9 Å². The molecule has 3 aromatic rings. The highest BCUT2D eigenvalue weighted by molar-refractivity contribution is 6.09. The van der Waals surface area contributed by atoms with Gasteiger partial charge in [0, 0.05) is 69.4 Å². The van der Waals surface area contributed by atoms with Gasteiger partial charge in [-0.15, -0.1) is 10.2 Å². The molecule has 1 saturated carbocycles. The molecule has 238 valence electrons. The van der Waals surface area contributed by atoms with Crippen LogP contribution >= 0.6 is 0 Å². The number of likely N-dealkylation sites (tertiary alicyclic amines) is 1. The van der Waals surface area contributed by atoms with E-state index in [4.69, 9.17) is 0 Å². The first-order valence-corrected chi connectivity index (χ1v) is 16.7. The molecule has 0 bridgehead atoms. The molecule has 1 aliphatic carbocycles. The van der Waals surface area contributed by atoms with Crippen LogP contribution in [0.1, 0.15) is 80.7 Å². The van der Waals surface area contributed by atoms with Gasteiger partial charge in [-0.25, -0.2) is 4.79 Å². The van der Waals surface area contributed by atoms with Crippen LogP contribution < -0.4 is 20.4 Å². The van der Waals surface area contributed by atoms with Crippen molar-refractivity contribution < 1.29 is 14.4 Å². The number of nitrogens with zero attached hydrogens (tertiary/aromatic N) is 7. The van der Waals surface area contributed by atoms with Crippen molar-refractivity contribution in [3.05, 3.63) is 42.5 Å². The van der Waals surface area contributed by atoms with Crippen molar-refractivity contribution in [3.63, 3.8) is 0 Å². The Morgan fingerprint density at radius 2 is 1.69 bits per heavy atom. The van der Waals surface area contributed by atoms with Crippen molar-refractivity contribution in [3.8, 4) is 0 Å². The standard InChI is InChI=1S/C33H43N9O3/c43-31-13-19-42(33(45)36-31)29-21-34-20-28-26(29)12-18-41(28)25-10-14-39(15-11-25)22-23-8-16-40(17-9-23)30-7-6-27(37-38-30)32(44)35-24-4-2-1-3-5-24/h6-7,12,18,20-21,23-25H,1-5,8-11,13-17,19,22H2,(H,35,44)(H,36,43,45). The molecule has 3 saturated heterocycles. The first kappa shape index (κ1) is 29.6. The van der Waals surface area contributed by atoms with Gasteiger partial charge in [0.05, 0.1) is 23.6 Å². The van der Waals surface area contributed by atoms with E-state index in [1.165, 1.54) is 19.3 Å². The Balaban J connectivity index is 0.884. The molecule has 45 heavy (non-hydrogen) atoms. The second kappa shape index (κ2) is 13.1. The van der Waals surface area contributed by atoms with E-state index in [9.17, 15) is 14.4 Å². The maximum Gasteiger partial charge on any atom is 0.328 e. The number of carbonyl (C=O) groups excluding carboxylic acids is 3. The highest BCUT2D eigenvalue weighted by Gasteiger charge is 2.29. The van der Waals surface area contributed by atoms with E-state index in [2.05, 4.69) is 52.4 Å². The first-order valence-electron chi connectivity index (χ1n) is 16.7. The highest BCUT2D eigenvalue weighted by Crippen LogP contribution is 2.33. The lowest BCUT2D eigenvalue weighted by Gasteiger charge is -2.38. The Morgan fingerprint density at radius 3 is 2.42 bits per heavy atom. The van der Waals surface area contributed by atoms with E-state index >= 15 is 0 Å². The van der Waals surface area contributed by atoms with Crippen LogP contribution in [0.3, 0.4) is 0 Å². The molecule has 4 amide bonds. The van der Waals surface area contributed by atoms with Crippen molar-refractivity contribution in [1.82, 2.24) is 35.3 Å². The summed E-state index contributed by atoms with van der Waals surface area (Å²) < 4.78 is 2.32. The SMILES string of the molecule is O=C1CCN(c2cncc3c2ccn3C2CCN(CC3CCN(c4ccc(C(=O)NC5CCCCC5)nn4)CC3)CC2)C(=O)N1. The van der Waals surface area contributed by atoms with Gasteiger partial charge in [-0.2, -0.15) is 0 Å². The third-order valence-electron chi connectivity index (χ3n) is 10.2. The van der Waals surface area contributed by atoms with Gasteiger partial charge >= 0.3 is 6.03 Å². The lowest BCUT2D eigenvalue weighted by Crippen LogP contribution is -2.49. The van der Waals surface area contributed by atoms with Gasteiger partial charge in [0.2, 0.25) is 5.91 Å². The summed E-state index contributed by atoms with van der Waals surface area (Å²) in [6.07, 6.45) is 16.1. The molecule has 12 nitrogen and oxygen atoms in total. The van der Waals surface area contributed by atoms with Gasteiger partial charge in [0.15, 0.2) is 11.5 Å². The predicted octanol–water partition coefficient (Wildman–Crippen LogP) is 3.89. The van der Waals surface area contributed by atoms with E-state index < -0.39 is 0 Å². The number of amides is 4. The third kappa shape index (κ3) is 6.51. The quantitative estimate of drug-likeness (QED) is 0.411. The Morgan fingerprint density at radius 1 is 0.889 bits per heavy atom. The zero-order chi connectivity index (χ0) is 30.8. The molecule has 4 fully saturated rings. The van der Waals surface area contributed by atoms with Crippen LogP contribution in [-0.2, 0) is 4.79 Å². The normalized spacial score (nSPS) is 21.3. The molecule has 7 rings (SSSR count). The Bertz CT molecular complexity index is 1520. The van der Waals surface area contributed by atoms with Crippen molar-refractivity contribution >= 4 is 40.3 Å². The lowest BCUT2D eigenvalue weighted by atomic mass is 9.94. The summed E-state index contributed by atoms with van der Waals surface area (Å²) in [6.45, 7) is 5.52. The van der Waals surface area contributed by atoms with E-state index in [1.54, 1.807) is 11.1 Å². The minimum atomic E-state index is -0.382. The Kier molecular flexibility index (Phi) is 8.64. The molecule has 0 spiro atoms. The highest BCUT2D eigenvalue weighted by atomic mass is 16.2. The van der Waals surface area contributed by atoms with E-state index in [0.717, 1.165) is 93.7 Å². The monoisotopic (exact) mass is 613 g/mol. The molecule has 6 heterocycles. The van der Waals surface area contributed by atoms with Crippen LogP contribution in [0.2, 0.25) is 0 Å². The lowest BCUT2D eigenvalue weighted by molar-refractivity contribution is -0.120. The van der Waals surface area contributed by atoms with Crippen LogP contribution in [0.4, 0.5) is 16.3 Å². The van der Waals surface area contributed by atoms with Gasteiger partial charge in [-0.1, -0.05) is 19.3 Å². The smallest absolute Gasteiger partial charge is 0.328 e. The fourth-order valence-electron chi connectivity index (χ4n) is 7.60. The van der Waals surface area contributed by atoms with Crippen molar-refractivity contribution in [2.45, 2.75) is 76.3 Å². The summed E-state index contributed by atoms with van der Waals surface area (Å²) in [5.74, 6) is 1.17. The molecule has 3 aromatic heterocycles. The second-order valence-electron chi connectivity index (χ2n) is 13.1. The zero-order valence-corrected chi connectivity index (χ0v) is 25.9. The topological polar surface area (TPSA) is 129 Å². The van der Waals surface area contributed by atoms with Gasteiger partial charge in [-0.3, -0.25) is 24.8 Å². The molecule has 0 aromatic carbocycles. The zero-order valence-electron chi connectivity index (χ0n) is 25.9. The number of anilines is 2. The average molecular weight is 614 g/mol. The van der Waals surface area contributed by atoms with Gasteiger partial charge < -0.3 is 19.7 Å². The maximum absolute atomic E-state index is 12.6. The summed E-state index contributed by atoms with van der Waals surface area (Å²) in [7, 11) is 0. The number of imide groups is 1. The predicted molar refractivity (Wildman–Crippen MR) is 171 cm³/mol. The maximum atomic E-state index is 12.6. The largest absolute Gasteiger partial charge is 0.355 e. The molecular formula is C33H43N9O3. The van der Waals surface area contributed by atoms with Crippen LogP contribution in [0.15, 0.2) is 36.8 Å². The molecule has 0 radical (unpaired) electrons. The minimum Gasteiger partial charge on any atom is -0.355 e. The van der Waals surface area contributed by atoms with Gasteiger partial charge in [0.25, 0.3) is 5.91 Å². The fourth-order valence-corrected chi connectivity index (χ4v) is 7.60. The number of carbonyl (C=O) groups is 3. The van der Waals surface area contributed by atoms with Crippen molar-refractivity contribution in [1.29, 1.82) is 0 Å². The van der Waals surface area contributed by atoms with Crippen molar-refractivity contribution in [2.24, 2.45) is 5.92 Å². The van der Waals surface area contributed by atoms with E-state index in [0.29, 0.717) is 30.6 Å². The summed E-state index contributed by atoms with van der Waals surface area (Å²) in [4.78, 5) is 47.7. The summed E-state index contributed by atoms with van der Waals surface area (Å²) in [6, 6.07) is 6.10. The second-order valence-corrected chi connectivity index (χ2v) is 13.1. The third-order valence-corrected chi connectivity index (χ3v) is 10.2. The Labute approximate surface area is 263 Å². The fraction of sp³-hybridized carbons (Fsp3) is 0.576. The molecule has 12 heteroatoms. The average Bonchev–Trinajstić information content (AvgIpc) is 3.51. The minimum absolute atomic E-state index is 0.111. The number of hydrogen-bond acceptors (Lipinski definition) is 8. The van der Waals surface area contributed by atoms with Gasteiger partial charge in [0.1, 0.15) is 0 Å². The molecule has 0 atom stereocenters. The molecule has 2 N–H and O–H groups in total. The summed E-state index contributed by atoms with van der Waals surface area (Å²) in [5, 5.41) is 15.2. The van der Waals surface area contributed by atoms with Crippen LogP contribution in [-0.4, -0.2) is 87.8 Å². The number of aromatic nitrogens is 4.